The molecule has 0 bridgehead atoms. The lowest BCUT2D eigenvalue weighted by molar-refractivity contribution is 0.0596. The largest absolute Gasteiger partial charge is 0.493 e. The van der Waals surface area contributed by atoms with Crippen LogP contribution in [0.15, 0.2) is 18.2 Å². The number of esters is 1. The Hall–Kier alpha value is -1.26. The van der Waals surface area contributed by atoms with E-state index in [-0.39, 0.29) is 18.4 Å². The van der Waals surface area contributed by atoms with Gasteiger partial charge in [0.05, 0.1) is 13.7 Å². The molecule has 0 fully saturated rings. The second kappa shape index (κ2) is 8.78. The van der Waals surface area contributed by atoms with Crippen molar-refractivity contribution in [3.63, 3.8) is 0 Å². The minimum absolute atomic E-state index is 0. The number of hydrogen-bond acceptors (Lipinski definition) is 4. The molecule has 0 saturated heterocycles. The van der Waals surface area contributed by atoms with Crippen LogP contribution in [0.4, 0.5) is 0 Å². The summed E-state index contributed by atoms with van der Waals surface area (Å²) in [4.78, 5) is 11.6. The Morgan fingerprint density at radius 3 is 2.72 bits per heavy atom. The molecule has 0 amide bonds. The molecule has 4 nitrogen and oxygen atoms in total. The average Bonchev–Trinajstić information content (AvgIpc) is 2.35. The van der Waals surface area contributed by atoms with Crippen molar-refractivity contribution in [3.8, 4) is 5.75 Å². The lowest BCUT2D eigenvalue weighted by Gasteiger charge is -2.10. The predicted octanol–water partition coefficient (Wildman–Crippen LogP) is 2.19. The first-order valence-corrected chi connectivity index (χ1v) is 5.65. The first kappa shape index (κ1) is 16.7. The molecule has 0 atom stereocenters. The van der Waals surface area contributed by atoms with Gasteiger partial charge in [0.1, 0.15) is 11.3 Å². The maximum Gasteiger partial charge on any atom is 0.341 e. The quantitative estimate of drug-likeness (QED) is 0.638. The van der Waals surface area contributed by atoms with Crippen molar-refractivity contribution in [3.05, 3.63) is 29.3 Å². The molecule has 0 spiro atoms. The number of methoxy groups -OCH3 is 1. The second-order valence-corrected chi connectivity index (χ2v) is 3.80. The Labute approximate surface area is 114 Å². The Bertz CT molecular complexity index is 382. The summed E-state index contributed by atoms with van der Waals surface area (Å²) in [6, 6.07) is 5.50. The van der Waals surface area contributed by atoms with Gasteiger partial charge in [0, 0.05) is 0 Å². The predicted molar refractivity (Wildman–Crippen MR) is 73.8 cm³/mol. The summed E-state index contributed by atoms with van der Waals surface area (Å²) in [6.45, 7) is 3.39. The molecule has 1 aromatic rings. The lowest BCUT2D eigenvalue weighted by Crippen LogP contribution is -2.13. The van der Waals surface area contributed by atoms with Crippen molar-refractivity contribution >= 4 is 18.4 Å². The van der Waals surface area contributed by atoms with E-state index in [1.807, 2.05) is 20.0 Å². The highest BCUT2D eigenvalue weighted by Gasteiger charge is 2.12. The number of carbonyl (C=O) groups is 1. The van der Waals surface area contributed by atoms with Gasteiger partial charge in [0.2, 0.25) is 0 Å². The fraction of sp³-hybridized carbons (Fsp3) is 0.462. The maximum absolute atomic E-state index is 11.6. The molecule has 0 aliphatic rings. The minimum Gasteiger partial charge on any atom is -0.493 e. The molecule has 0 aliphatic carbocycles. The molecule has 102 valence electrons. The monoisotopic (exact) mass is 273 g/mol. The highest BCUT2D eigenvalue weighted by Crippen LogP contribution is 2.21. The standard InChI is InChI=1S/C13H19NO3.ClH/c1-10-5-6-12(17-8-4-7-14-2)11(9-10)13(15)16-3;/h5-6,9,14H,4,7-8H2,1-3H3;1H. The number of ether oxygens (including phenoxy) is 2. The number of carbonyl (C=O) groups excluding carboxylic acids is 1. The number of halogens is 1. The number of hydrogen-bond donors (Lipinski definition) is 1. The van der Waals surface area contributed by atoms with Gasteiger partial charge in [0.15, 0.2) is 0 Å². The molecule has 1 N–H and O–H groups in total. The van der Waals surface area contributed by atoms with Crippen LogP contribution in [0.1, 0.15) is 22.3 Å². The highest BCUT2D eigenvalue weighted by atomic mass is 35.5. The van der Waals surface area contributed by atoms with Crippen LogP contribution in [-0.4, -0.2) is 33.3 Å². The van der Waals surface area contributed by atoms with E-state index < -0.39 is 0 Å². The van der Waals surface area contributed by atoms with Crippen LogP contribution in [-0.2, 0) is 4.74 Å². The summed E-state index contributed by atoms with van der Waals surface area (Å²) in [6.07, 6.45) is 0.894. The number of aryl methyl sites for hydroxylation is 1. The van der Waals surface area contributed by atoms with E-state index >= 15 is 0 Å². The summed E-state index contributed by atoms with van der Waals surface area (Å²) in [7, 11) is 3.27. The Balaban J connectivity index is 0.00000289. The van der Waals surface area contributed by atoms with Crippen LogP contribution in [0.25, 0.3) is 0 Å². The van der Waals surface area contributed by atoms with E-state index in [0.29, 0.717) is 17.9 Å². The highest BCUT2D eigenvalue weighted by molar-refractivity contribution is 5.92. The Kier molecular flexibility index (Phi) is 8.16. The molecule has 0 saturated carbocycles. The van der Waals surface area contributed by atoms with E-state index in [1.165, 1.54) is 7.11 Å². The molecular weight excluding hydrogens is 254 g/mol. The summed E-state index contributed by atoms with van der Waals surface area (Å²) >= 11 is 0. The van der Waals surface area contributed by atoms with Gasteiger partial charge >= 0.3 is 5.97 Å². The molecule has 18 heavy (non-hydrogen) atoms. The number of nitrogens with one attached hydrogen (secondary N) is 1. The van der Waals surface area contributed by atoms with Crippen LogP contribution >= 0.6 is 12.4 Å². The van der Waals surface area contributed by atoms with Crippen molar-refractivity contribution < 1.29 is 14.3 Å². The zero-order valence-electron chi connectivity index (χ0n) is 11.0. The van der Waals surface area contributed by atoms with E-state index in [9.17, 15) is 4.79 Å². The minimum atomic E-state index is -0.364. The zero-order valence-corrected chi connectivity index (χ0v) is 11.8. The lowest BCUT2D eigenvalue weighted by atomic mass is 10.1. The van der Waals surface area contributed by atoms with Crippen molar-refractivity contribution in [1.82, 2.24) is 5.32 Å². The Morgan fingerprint density at radius 2 is 2.11 bits per heavy atom. The third kappa shape index (κ3) is 4.94. The van der Waals surface area contributed by atoms with Gasteiger partial charge in [-0.3, -0.25) is 0 Å². The normalized spacial score (nSPS) is 9.50. The topological polar surface area (TPSA) is 47.6 Å². The first-order valence-electron chi connectivity index (χ1n) is 5.65. The van der Waals surface area contributed by atoms with Crippen LogP contribution in [0, 0.1) is 6.92 Å². The molecule has 1 aromatic carbocycles. The first-order chi connectivity index (χ1) is 8.19. The van der Waals surface area contributed by atoms with Crippen LogP contribution in [0.5, 0.6) is 5.75 Å². The molecular formula is C13H20ClNO3. The third-order valence-corrected chi connectivity index (χ3v) is 2.37. The second-order valence-electron chi connectivity index (χ2n) is 3.80. The summed E-state index contributed by atoms with van der Waals surface area (Å²) < 4.78 is 10.3. The Morgan fingerprint density at radius 1 is 1.39 bits per heavy atom. The molecule has 5 heteroatoms. The third-order valence-electron chi connectivity index (χ3n) is 2.37. The van der Waals surface area contributed by atoms with E-state index in [2.05, 4.69) is 5.32 Å². The van der Waals surface area contributed by atoms with Gasteiger partial charge in [-0.15, -0.1) is 12.4 Å². The summed E-state index contributed by atoms with van der Waals surface area (Å²) in [5, 5.41) is 3.04. The average molecular weight is 274 g/mol. The van der Waals surface area contributed by atoms with Gasteiger partial charge in [-0.05, 0) is 39.1 Å². The van der Waals surface area contributed by atoms with E-state index in [0.717, 1.165) is 18.5 Å². The van der Waals surface area contributed by atoms with Gasteiger partial charge in [-0.25, -0.2) is 4.79 Å². The molecule has 1 rings (SSSR count). The maximum atomic E-state index is 11.6. The van der Waals surface area contributed by atoms with Crippen molar-refractivity contribution in [2.45, 2.75) is 13.3 Å². The van der Waals surface area contributed by atoms with Gasteiger partial charge in [-0.1, -0.05) is 11.6 Å². The fourth-order valence-corrected chi connectivity index (χ4v) is 1.47. The summed E-state index contributed by atoms with van der Waals surface area (Å²) in [5.74, 6) is 0.218. The van der Waals surface area contributed by atoms with Crippen molar-refractivity contribution in [2.75, 3.05) is 27.3 Å². The SMILES string of the molecule is CNCCCOc1ccc(C)cc1C(=O)OC.Cl. The van der Waals surface area contributed by atoms with Gasteiger partial charge < -0.3 is 14.8 Å². The fourth-order valence-electron chi connectivity index (χ4n) is 1.47. The van der Waals surface area contributed by atoms with Crippen molar-refractivity contribution in [2.24, 2.45) is 0 Å². The molecule has 0 unspecified atom stereocenters. The van der Waals surface area contributed by atoms with Crippen LogP contribution in [0.2, 0.25) is 0 Å². The van der Waals surface area contributed by atoms with E-state index in [1.54, 1.807) is 12.1 Å². The smallest absolute Gasteiger partial charge is 0.341 e. The molecule has 0 heterocycles. The van der Waals surface area contributed by atoms with E-state index in [4.69, 9.17) is 9.47 Å². The molecule has 0 aromatic heterocycles. The summed E-state index contributed by atoms with van der Waals surface area (Å²) in [5.41, 5.74) is 1.49. The zero-order chi connectivity index (χ0) is 12.7. The van der Waals surface area contributed by atoms with Crippen LogP contribution in [0.3, 0.4) is 0 Å². The van der Waals surface area contributed by atoms with Gasteiger partial charge in [-0.2, -0.15) is 0 Å². The molecule has 0 aliphatic heterocycles. The molecule has 0 radical (unpaired) electrons. The van der Waals surface area contributed by atoms with Gasteiger partial charge in [0.25, 0.3) is 0 Å². The van der Waals surface area contributed by atoms with Crippen LogP contribution < -0.4 is 10.1 Å². The van der Waals surface area contributed by atoms with Crippen molar-refractivity contribution in [1.29, 1.82) is 0 Å². The number of benzene rings is 1. The number of rotatable bonds is 6.